The smallest absolute Gasteiger partial charge is 0.134 e. The van der Waals surface area contributed by atoms with E-state index in [9.17, 15) is 0 Å². The molecule has 0 bridgehead atoms. The van der Waals surface area contributed by atoms with Gasteiger partial charge in [-0.25, -0.2) is 0 Å². The number of hydrogen-bond donors (Lipinski definition) is 1. The Balaban J connectivity index is 2.31. The van der Waals surface area contributed by atoms with E-state index in [1.165, 1.54) is 34.9 Å². The Labute approximate surface area is 95.6 Å². The highest BCUT2D eigenvalue weighted by Gasteiger charge is 2.24. The number of nitrogens with one attached hydrogen (secondary N) is 1. The van der Waals surface area contributed by atoms with Gasteiger partial charge in [-0.15, -0.1) is 0 Å². The second-order valence-electron chi connectivity index (χ2n) is 4.50. The van der Waals surface area contributed by atoms with Crippen molar-refractivity contribution in [3.63, 3.8) is 0 Å². The van der Waals surface area contributed by atoms with Crippen LogP contribution in [-0.4, -0.2) is 7.05 Å². The van der Waals surface area contributed by atoms with Crippen molar-refractivity contribution in [1.29, 1.82) is 0 Å². The first-order valence-corrected chi connectivity index (χ1v) is 6.04. The van der Waals surface area contributed by atoms with Crippen LogP contribution in [0.1, 0.15) is 36.1 Å². The summed E-state index contributed by atoms with van der Waals surface area (Å²) in [5.41, 5.74) is 5.37. The van der Waals surface area contributed by atoms with Crippen LogP contribution in [0.2, 0.25) is 0 Å². The standard InChI is InChI=1S/C14H17NO/c1-3-9-4-7-13-14-10(9)5-6-12(15-2)11(14)8-16-13/h4,7-8,12,15H,3,5-6H2,1-2H3. The maximum atomic E-state index is 5.65. The summed E-state index contributed by atoms with van der Waals surface area (Å²) >= 11 is 0. The quantitative estimate of drug-likeness (QED) is 0.832. The average molecular weight is 215 g/mol. The molecule has 2 nitrogen and oxygen atoms in total. The lowest BCUT2D eigenvalue weighted by Crippen LogP contribution is -2.20. The zero-order valence-electron chi connectivity index (χ0n) is 9.84. The fourth-order valence-corrected chi connectivity index (χ4v) is 2.89. The van der Waals surface area contributed by atoms with Gasteiger partial charge in [-0.05, 0) is 43.5 Å². The molecule has 1 aliphatic carbocycles. The van der Waals surface area contributed by atoms with E-state index in [1.54, 1.807) is 0 Å². The van der Waals surface area contributed by atoms with Crippen LogP contribution in [0.15, 0.2) is 22.8 Å². The molecule has 1 aliphatic rings. The highest BCUT2D eigenvalue weighted by atomic mass is 16.3. The van der Waals surface area contributed by atoms with E-state index in [4.69, 9.17) is 4.42 Å². The maximum absolute atomic E-state index is 5.65. The average Bonchev–Trinajstić information content (AvgIpc) is 2.76. The summed E-state index contributed by atoms with van der Waals surface area (Å²) < 4.78 is 5.65. The second-order valence-corrected chi connectivity index (χ2v) is 4.50. The van der Waals surface area contributed by atoms with Crippen molar-refractivity contribution in [3.8, 4) is 0 Å². The van der Waals surface area contributed by atoms with Gasteiger partial charge in [0, 0.05) is 17.0 Å². The van der Waals surface area contributed by atoms with Gasteiger partial charge in [0.15, 0.2) is 0 Å². The fourth-order valence-electron chi connectivity index (χ4n) is 2.89. The number of benzene rings is 1. The summed E-state index contributed by atoms with van der Waals surface area (Å²) in [6.45, 7) is 2.22. The van der Waals surface area contributed by atoms with Crippen LogP contribution in [0, 0.1) is 0 Å². The molecule has 1 heterocycles. The summed E-state index contributed by atoms with van der Waals surface area (Å²) in [6.07, 6.45) is 5.38. The molecule has 1 unspecified atom stereocenters. The van der Waals surface area contributed by atoms with Crippen LogP contribution in [0.4, 0.5) is 0 Å². The molecule has 0 spiro atoms. The summed E-state index contributed by atoms with van der Waals surface area (Å²) in [6, 6.07) is 4.78. The number of hydrogen-bond acceptors (Lipinski definition) is 2. The minimum absolute atomic E-state index is 0.459. The van der Waals surface area contributed by atoms with Gasteiger partial charge in [-0.3, -0.25) is 0 Å². The molecule has 1 N–H and O–H groups in total. The van der Waals surface area contributed by atoms with Gasteiger partial charge in [0.25, 0.3) is 0 Å². The zero-order chi connectivity index (χ0) is 11.1. The van der Waals surface area contributed by atoms with E-state index in [0.29, 0.717) is 6.04 Å². The van der Waals surface area contributed by atoms with Crippen molar-refractivity contribution >= 4 is 11.0 Å². The molecule has 0 aliphatic heterocycles. The lowest BCUT2D eigenvalue weighted by atomic mass is 9.86. The molecule has 0 saturated carbocycles. The molecule has 0 amide bonds. The Bertz CT molecular complexity index is 527. The fraction of sp³-hybridized carbons (Fsp3) is 0.429. The molecule has 3 rings (SSSR count). The molecule has 2 aromatic rings. The van der Waals surface area contributed by atoms with E-state index in [1.807, 2.05) is 13.3 Å². The zero-order valence-corrected chi connectivity index (χ0v) is 9.84. The first-order chi connectivity index (χ1) is 7.85. The van der Waals surface area contributed by atoms with Gasteiger partial charge < -0.3 is 9.73 Å². The normalized spacial score (nSPS) is 19.2. The third-order valence-corrected chi connectivity index (χ3v) is 3.76. The topological polar surface area (TPSA) is 25.2 Å². The van der Waals surface area contributed by atoms with Crippen LogP contribution < -0.4 is 5.32 Å². The van der Waals surface area contributed by atoms with E-state index < -0.39 is 0 Å². The highest BCUT2D eigenvalue weighted by Crippen LogP contribution is 2.38. The summed E-state index contributed by atoms with van der Waals surface area (Å²) in [5, 5.41) is 4.73. The molecule has 1 aromatic heterocycles. The van der Waals surface area contributed by atoms with Gasteiger partial charge in [0.05, 0.1) is 6.26 Å². The van der Waals surface area contributed by atoms with Crippen molar-refractivity contribution in [2.24, 2.45) is 0 Å². The van der Waals surface area contributed by atoms with Crippen molar-refractivity contribution in [3.05, 3.63) is 35.1 Å². The van der Waals surface area contributed by atoms with Crippen LogP contribution in [0.5, 0.6) is 0 Å². The Morgan fingerprint density at radius 1 is 1.44 bits per heavy atom. The first kappa shape index (κ1) is 9.91. The van der Waals surface area contributed by atoms with Crippen molar-refractivity contribution in [2.75, 3.05) is 7.05 Å². The second kappa shape index (κ2) is 3.63. The minimum Gasteiger partial charge on any atom is -0.464 e. The minimum atomic E-state index is 0.459. The van der Waals surface area contributed by atoms with Gasteiger partial charge >= 0.3 is 0 Å². The van der Waals surface area contributed by atoms with Gasteiger partial charge in [-0.2, -0.15) is 0 Å². The maximum Gasteiger partial charge on any atom is 0.134 e. The molecule has 2 heteroatoms. The molecule has 1 aromatic carbocycles. The van der Waals surface area contributed by atoms with E-state index in [0.717, 1.165) is 12.0 Å². The molecule has 0 saturated heterocycles. The van der Waals surface area contributed by atoms with Crippen LogP contribution >= 0.6 is 0 Å². The van der Waals surface area contributed by atoms with Gasteiger partial charge in [-0.1, -0.05) is 13.0 Å². The summed E-state index contributed by atoms with van der Waals surface area (Å²) in [4.78, 5) is 0. The van der Waals surface area contributed by atoms with Crippen LogP contribution in [0.25, 0.3) is 11.0 Å². The third kappa shape index (κ3) is 1.23. The summed E-state index contributed by atoms with van der Waals surface area (Å²) in [7, 11) is 2.03. The van der Waals surface area contributed by atoms with Crippen LogP contribution in [0.3, 0.4) is 0 Å². The Morgan fingerprint density at radius 3 is 3.06 bits per heavy atom. The van der Waals surface area contributed by atoms with Crippen molar-refractivity contribution < 1.29 is 4.42 Å². The predicted octanol–water partition coefficient (Wildman–Crippen LogP) is 3.20. The highest BCUT2D eigenvalue weighted by molar-refractivity contribution is 5.87. The van der Waals surface area contributed by atoms with Crippen molar-refractivity contribution in [1.82, 2.24) is 5.32 Å². The molecule has 0 fully saturated rings. The molecule has 84 valence electrons. The monoisotopic (exact) mass is 215 g/mol. The predicted molar refractivity (Wildman–Crippen MR) is 65.7 cm³/mol. The largest absolute Gasteiger partial charge is 0.464 e. The van der Waals surface area contributed by atoms with Gasteiger partial charge in [0.2, 0.25) is 0 Å². The SMILES string of the molecule is CCc1ccc2occ3c2c1CCC3NC. The number of aryl methyl sites for hydroxylation is 2. The van der Waals surface area contributed by atoms with E-state index >= 15 is 0 Å². The lowest BCUT2D eigenvalue weighted by Gasteiger charge is -2.22. The van der Waals surface area contributed by atoms with Crippen molar-refractivity contribution in [2.45, 2.75) is 32.2 Å². The molecule has 1 atom stereocenters. The number of rotatable bonds is 2. The number of furan rings is 1. The molecule has 0 radical (unpaired) electrons. The van der Waals surface area contributed by atoms with Gasteiger partial charge in [0.1, 0.15) is 5.58 Å². The third-order valence-electron chi connectivity index (χ3n) is 3.76. The summed E-state index contributed by atoms with van der Waals surface area (Å²) in [5.74, 6) is 0. The molecular formula is C14H17NO. The van der Waals surface area contributed by atoms with E-state index in [2.05, 4.69) is 24.4 Å². The lowest BCUT2D eigenvalue weighted by molar-refractivity contribution is 0.529. The Morgan fingerprint density at radius 2 is 2.31 bits per heavy atom. The molecule has 16 heavy (non-hydrogen) atoms. The Hall–Kier alpha value is -1.28. The first-order valence-electron chi connectivity index (χ1n) is 6.04. The Kier molecular flexibility index (Phi) is 2.25. The van der Waals surface area contributed by atoms with Crippen LogP contribution in [-0.2, 0) is 12.8 Å². The molecular weight excluding hydrogens is 198 g/mol. The van der Waals surface area contributed by atoms with E-state index in [-0.39, 0.29) is 0 Å².